The molecule has 1 aromatic carbocycles. The zero-order chi connectivity index (χ0) is 18.7. The summed E-state index contributed by atoms with van der Waals surface area (Å²) in [5.74, 6) is 0.0557. The van der Waals surface area contributed by atoms with E-state index in [2.05, 4.69) is 10.4 Å². The summed E-state index contributed by atoms with van der Waals surface area (Å²) in [4.78, 5) is 12.5. The molecule has 2 N–H and O–H groups in total. The molecule has 0 spiro atoms. The minimum atomic E-state index is -0.393. The number of carbonyl (C=O) groups is 1. The first kappa shape index (κ1) is 18.4. The third-order valence-corrected chi connectivity index (χ3v) is 4.79. The van der Waals surface area contributed by atoms with E-state index in [-0.39, 0.29) is 30.2 Å². The lowest BCUT2D eigenvalue weighted by atomic mass is 9.74. The van der Waals surface area contributed by atoms with Gasteiger partial charge < -0.3 is 15.2 Å². The van der Waals surface area contributed by atoms with Crippen LogP contribution in [0.4, 0.5) is 4.39 Å². The van der Waals surface area contributed by atoms with Crippen molar-refractivity contribution in [1.82, 2.24) is 15.1 Å². The Labute approximate surface area is 152 Å². The van der Waals surface area contributed by atoms with Crippen LogP contribution in [0.25, 0.3) is 0 Å². The first-order valence-electron chi connectivity index (χ1n) is 8.76. The van der Waals surface area contributed by atoms with E-state index in [0.717, 1.165) is 5.56 Å². The largest absolute Gasteiger partial charge is 0.496 e. The molecular weight excluding hydrogens is 337 g/mol. The first-order chi connectivity index (χ1) is 12.5. The van der Waals surface area contributed by atoms with Gasteiger partial charge in [0.1, 0.15) is 11.6 Å². The number of benzene rings is 1. The molecule has 0 unspecified atom stereocenters. The van der Waals surface area contributed by atoms with Crippen LogP contribution >= 0.6 is 0 Å². The number of hydrogen-bond donors (Lipinski definition) is 2. The van der Waals surface area contributed by atoms with Crippen molar-refractivity contribution in [2.75, 3.05) is 7.11 Å². The van der Waals surface area contributed by atoms with Crippen molar-refractivity contribution in [1.29, 1.82) is 0 Å². The van der Waals surface area contributed by atoms with Gasteiger partial charge in [0, 0.05) is 24.7 Å². The molecule has 6 nitrogen and oxygen atoms in total. The molecule has 1 fully saturated rings. The SMILES string of the molecule is COc1ccc(F)cc1[C@H](NC(=O)CCn1cc(C)cn1)C1CC(O)C1. The molecule has 0 saturated heterocycles. The van der Waals surface area contributed by atoms with Gasteiger partial charge >= 0.3 is 0 Å². The minimum Gasteiger partial charge on any atom is -0.496 e. The number of nitrogens with one attached hydrogen (secondary N) is 1. The number of amides is 1. The van der Waals surface area contributed by atoms with Crippen molar-refractivity contribution < 1.29 is 19.0 Å². The summed E-state index contributed by atoms with van der Waals surface area (Å²) in [6, 6.07) is 3.89. The maximum absolute atomic E-state index is 13.8. The second-order valence-electron chi connectivity index (χ2n) is 6.85. The summed E-state index contributed by atoms with van der Waals surface area (Å²) in [5.41, 5.74) is 1.64. The Morgan fingerprint density at radius 3 is 2.88 bits per heavy atom. The molecular formula is C19H24FN3O3. The van der Waals surface area contributed by atoms with Gasteiger partial charge in [-0.25, -0.2) is 4.39 Å². The van der Waals surface area contributed by atoms with Crippen LogP contribution in [-0.2, 0) is 11.3 Å². The molecule has 26 heavy (non-hydrogen) atoms. The van der Waals surface area contributed by atoms with Gasteiger partial charge in [0.15, 0.2) is 0 Å². The van der Waals surface area contributed by atoms with Gasteiger partial charge in [-0.2, -0.15) is 5.10 Å². The van der Waals surface area contributed by atoms with Crippen molar-refractivity contribution in [2.45, 2.75) is 44.9 Å². The molecule has 1 atom stereocenters. The highest BCUT2D eigenvalue weighted by Gasteiger charge is 2.37. The monoisotopic (exact) mass is 361 g/mol. The Morgan fingerprint density at radius 1 is 1.50 bits per heavy atom. The predicted octanol–water partition coefficient (Wildman–Crippen LogP) is 2.36. The number of carbonyl (C=O) groups excluding carboxylic acids is 1. The lowest BCUT2D eigenvalue weighted by Gasteiger charge is -2.38. The second-order valence-corrected chi connectivity index (χ2v) is 6.85. The number of aryl methyl sites for hydroxylation is 2. The predicted molar refractivity (Wildman–Crippen MR) is 94.1 cm³/mol. The molecule has 1 saturated carbocycles. The van der Waals surface area contributed by atoms with Crippen molar-refractivity contribution in [2.24, 2.45) is 5.92 Å². The molecule has 1 amide bonds. The van der Waals surface area contributed by atoms with Crippen LogP contribution in [0.1, 0.15) is 36.4 Å². The van der Waals surface area contributed by atoms with Gasteiger partial charge in [-0.3, -0.25) is 9.48 Å². The number of ether oxygens (including phenoxy) is 1. The lowest BCUT2D eigenvalue weighted by molar-refractivity contribution is -0.123. The van der Waals surface area contributed by atoms with Crippen LogP contribution in [-0.4, -0.2) is 34.0 Å². The fraction of sp³-hybridized carbons (Fsp3) is 0.474. The van der Waals surface area contributed by atoms with Crippen molar-refractivity contribution in [3.63, 3.8) is 0 Å². The van der Waals surface area contributed by atoms with E-state index in [4.69, 9.17) is 4.74 Å². The number of aliphatic hydroxyl groups excluding tert-OH is 1. The first-order valence-corrected chi connectivity index (χ1v) is 8.76. The van der Waals surface area contributed by atoms with Gasteiger partial charge in [-0.1, -0.05) is 0 Å². The number of aliphatic hydroxyl groups is 1. The summed E-state index contributed by atoms with van der Waals surface area (Å²) in [6.45, 7) is 2.41. The third-order valence-electron chi connectivity index (χ3n) is 4.79. The zero-order valence-electron chi connectivity index (χ0n) is 15.0. The topological polar surface area (TPSA) is 76.4 Å². The van der Waals surface area contributed by atoms with Crippen LogP contribution in [0.2, 0.25) is 0 Å². The number of hydrogen-bond acceptors (Lipinski definition) is 4. The molecule has 0 bridgehead atoms. The Bertz CT molecular complexity index is 771. The quantitative estimate of drug-likeness (QED) is 0.794. The van der Waals surface area contributed by atoms with E-state index in [1.807, 2.05) is 13.1 Å². The van der Waals surface area contributed by atoms with E-state index < -0.39 is 6.04 Å². The maximum Gasteiger partial charge on any atom is 0.222 e. The van der Waals surface area contributed by atoms with E-state index in [0.29, 0.717) is 30.7 Å². The Morgan fingerprint density at radius 2 is 2.27 bits per heavy atom. The molecule has 1 heterocycles. The van der Waals surface area contributed by atoms with Crippen molar-refractivity contribution in [3.05, 3.63) is 47.5 Å². The summed E-state index contributed by atoms with van der Waals surface area (Å²) < 4.78 is 20.9. The second kappa shape index (κ2) is 7.86. The molecule has 1 aromatic heterocycles. The van der Waals surface area contributed by atoms with Gasteiger partial charge in [-0.05, 0) is 49.4 Å². The number of methoxy groups -OCH3 is 1. The molecule has 7 heteroatoms. The van der Waals surface area contributed by atoms with Crippen LogP contribution in [0, 0.1) is 18.7 Å². The zero-order valence-corrected chi connectivity index (χ0v) is 15.0. The maximum atomic E-state index is 13.8. The number of aromatic nitrogens is 2. The molecule has 0 radical (unpaired) electrons. The number of nitrogens with zero attached hydrogens (tertiary/aromatic N) is 2. The molecule has 3 rings (SSSR count). The highest BCUT2D eigenvalue weighted by atomic mass is 19.1. The summed E-state index contributed by atoms with van der Waals surface area (Å²) in [6.07, 6.45) is 4.67. The molecule has 0 aliphatic heterocycles. The fourth-order valence-electron chi connectivity index (χ4n) is 3.35. The average molecular weight is 361 g/mol. The van der Waals surface area contributed by atoms with E-state index in [9.17, 15) is 14.3 Å². The van der Waals surface area contributed by atoms with Gasteiger partial charge in [-0.15, -0.1) is 0 Å². The van der Waals surface area contributed by atoms with Gasteiger partial charge in [0.25, 0.3) is 0 Å². The fourth-order valence-corrected chi connectivity index (χ4v) is 3.35. The van der Waals surface area contributed by atoms with Crippen LogP contribution < -0.4 is 10.1 Å². The summed E-state index contributed by atoms with van der Waals surface area (Å²) in [5, 5.41) is 16.8. The number of halogens is 1. The van der Waals surface area contributed by atoms with Gasteiger partial charge in [0.05, 0.1) is 25.5 Å². The number of rotatable bonds is 7. The summed E-state index contributed by atoms with van der Waals surface area (Å²) >= 11 is 0. The molecule has 2 aromatic rings. The van der Waals surface area contributed by atoms with Gasteiger partial charge in [0.2, 0.25) is 5.91 Å². The molecule has 1 aliphatic carbocycles. The Hall–Kier alpha value is -2.41. The highest BCUT2D eigenvalue weighted by Crippen LogP contribution is 2.41. The van der Waals surface area contributed by atoms with E-state index in [1.165, 1.54) is 19.2 Å². The Balaban J connectivity index is 1.72. The smallest absolute Gasteiger partial charge is 0.222 e. The standard InChI is InChI=1S/C19H24FN3O3/c1-12-10-21-23(11-12)6-5-18(25)22-19(13-7-15(24)8-13)16-9-14(20)3-4-17(16)26-2/h3-4,9-11,13,15,19,24H,5-8H2,1-2H3,(H,22,25)/t13?,15?,19-/m1/s1. The third kappa shape index (κ3) is 4.22. The van der Waals surface area contributed by atoms with E-state index in [1.54, 1.807) is 16.9 Å². The minimum absolute atomic E-state index is 0.0524. The normalized spacial score (nSPS) is 20.3. The van der Waals surface area contributed by atoms with E-state index >= 15 is 0 Å². The van der Waals surface area contributed by atoms with Crippen LogP contribution in [0.5, 0.6) is 5.75 Å². The van der Waals surface area contributed by atoms with Crippen LogP contribution in [0.3, 0.4) is 0 Å². The summed E-state index contributed by atoms with van der Waals surface area (Å²) in [7, 11) is 1.52. The molecule has 1 aliphatic rings. The highest BCUT2D eigenvalue weighted by molar-refractivity contribution is 5.76. The van der Waals surface area contributed by atoms with Crippen molar-refractivity contribution >= 4 is 5.91 Å². The molecule has 140 valence electrons. The average Bonchev–Trinajstić information content (AvgIpc) is 3.01. The Kier molecular flexibility index (Phi) is 5.56. The lowest BCUT2D eigenvalue weighted by Crippen LogP contribution is -2.41. The van der Waals surface area contributed by atoms with Crippen LogP contribution in [0.15, 0.2) is 30.6 Å². The van der Waals surface area contributed by atoms with Crippen molar-refractivity contribution in [3.8, 4) is 5.75 Å².